The summed E-state index contributed by atoms with van der Waals surface area (Å²) in [6, 6.07) is 1.09. The molecule has 1 aromatic carbocycles. The lowest BCUT2D eigenvalue weighted by atomic mass is 10.0. The molecule has 8 nitrogen and oxygen atoms in total. The lowest BCUT2D eigenvalue weighted by Gasteiger charge is -2.12. The molecule has 0 fully saturated rings. The summed E-state index contributed by atoms with van der Waals surface area (Å²) in [6.07, 6.45) is 2.29. The van der Waals surface area contributed by atoms with E-state index in [1.54, 1.807) is 13.8 Å². The van der Waals surface area contributed by atoms with E-state index in [0.29, 0.717) is 5.56 Å². The SMILES string of the molecule is CCOC(=O)/C=C/c1c([N+](=O)[O-])cc(C(=O)OC)c(C)c1OC. The molecule has 0 saturated heterocycles. The molecule has 0 heterocycles. The molecule has 0 aliphatic heterocycles. The van der Waals surface area contributed by atoms with Crippen LogP contribution in [0, 0.1) is 17.0 Å². The summed E-state index contributed by atoms with van der Waals surface area (Å²) in [5.41, 5.74) is 0.0712. The van der Waals surface area contributed by atoms with Gasteiger partial charge >= 0.3 is 11.9 Å². The van der Waals surface area contributed by atoms with E-state index in [0.717, 1.165) is 12.1 Å². The van der Waals surface area contributed by atoms with E-state index in [2.05, 4.69) is 4.74 Å². The molecule has 1 rings (SSSR count). The normalized spacial score (nSPS) is 10.4. The molecular weight excluding hydrogens is 306 g/mol. The lowest BCUT2D eigenvalue weighted by molar-refractivity contribution is -0.385. The maximum atomic E-state index is 11.7. The molecule has 1 aromatic rings. The van der Waals surface area contributed by atoms with Gasteiger partial charge < -0.3 is 14.2 Å². The molecule has 0 atom stereocenters. The predicted molar refractivity (Wildman–Crippen MR) is 81.4 cm³/mol. The van der Waals surface area contributed by atoms with Gasteiger partial charge in [-0.3, -0.25) is 10.1 Å². The molecule has 0 radical (unpaired) electrons. The van der Waals surface area contributed by atoms with Crippen LogP contribution in [0.3, 0.4) is 0 Å². The zero-order valence-corrected chi connectivity index (χ0v) is 13.2. The van der Waals surface area contributed by atoms with Crippen molar-refractivity contribution in [3.63, 3.8) is 0 Å². The van der Waals surface area contributed by atoms with Crippen LogP contribution in [0.4, 0.5) is 5.69 Å². The number of nitro benzene ring substituents is 1. The van der Waals surface area contributed by atoms with E-state index >= 15 is 0 Å². The van der Waals surface area contributed by atoms with Gasteiger partial charge in [-0.15, -0.1) is 0 Å². The number of carbonyl (C=O) groups is 2. The molecule has 0 spiro atoms. The molecule has 8 heteroatoms. The molecule has 0 aliphatic carbocycles. The summed E-state index contributed by atoms with van der Waals surface area (Å²) in [5, 5.41) is 11.3. The van der Waals surface area contributed by atoms with Gasteiger partial charge in [0.25, 0.3) is 5.69 Å². The van der Waals surface area contributed by atoms with Crippen molar-refractivity contribution in [3.05, 3.63) is 38.9 Å². The summed E-state index contributed by atoms with van der Waals surface area (Å²) in [5.74, 6) is -1.25. The Labute approximate surface area is 132 Å². The average Bonchev–Trinajstić information content (AvgIpc) is 2.52. The molecule has 0 bridgehead atoms. The van der Waals surface area contributed by atoms with E-state index in [1.807, 2.05) is 0 Å². The monoisotopic (exact) mass is 323 g/mol. The van der Waals surface area contributed by atoms with Gasteiger partial charge in [0.2, 0.25) is 0 Å². The Balaban J connectivity index is 3.55. The number of hydrogen-bond donors (Lipinski definition) is 0. The van der Waals surface area contributed by atoms with Crippen molar-refractivity contribution in [1.29, 1.82) is 0 Å². The summed E-state index contributed by atoms with van der Waals surface area (Å²) in [7, 11) is 2.49. The Kier molecular flexibility index (Phi) is 6.25. The van der Waals surface area contributed by atoms with Crippen molar-refractivity contribution in [1.82, 2.24) is 0 Å². The van der Waals surface area contributed by atoms with Crippen LogP contribution in [0.1, 0.15) is 28.4 Å². The predicted octanol–water partition coefficient (Wildman–Crippen LogP) is 2.27. The quantitative estimate of drug-likeness (QED) is 0.342. The van der Waals surface area contributed by atoms with Crippen LogP contribution in [-0.2, 0) is 14.3 Å². The zero-order valence-electron chi connectivity index (χ0n) is 13.2. The van der Waals surface area contributed by atoms with Gasteiger partial charge in [-0.1, -0.05) is 0 Å². The molecule has 0 amide bonds. The van der Waals surface area contributed by atoms with Crippen LogP contribution < -0.4 is 4.74 Å². The first-order valence-electron chi connectivity index (χ1n) is 6.66. The van der Waals surface area contributed by atoms with Crippen LogP contribution in [0.5, 0.6) is 5.75 Å². The largest absolute Gasteiger partial charge is 0.496 e. The van der Waals surface area contributed by atoms with Crippen LogP contribution in [0.2, 0.25) is 0 Å². The number of nitro groups is 1. The van der Waals surface area contributed by atoms with E-state index in [-0.39, 0.29) is 29.2 Å². The fraction of sp³-hybridized carbons (Fsp3) is 0.333. The second-order valence-corrected chi connectivity index (χ2v) is 4.35. The first-order valence-corrected chi connectivity index (χ1v) is 6.66. The lowest BCUT2D eigenvalue weighted by Crippen LogP contribution is -2.08. The number of benzene rings is 1. The minimum atomic E-state index is -0.718. The second-order valence-electron chi connectivity index (χ2n) is 4.35. The van der Waals surface area contributed by atoms with Gasteiger partial charge in [0.15, 0.2) is 0 Å². The second kappa shape index (κ2) is 7.92. The maximum absolute atomic E-state index is 11.7. The minimum Gasteiger partial charge on any atom is -0.496 e. The van der Waals surface area contributed by atoms with E-state index in [4.69, 9.17) is 9.47 Å². The number of ether oxygens (including phenoxy) is 3. The van der Waals surface area contributed by atoms with Crippen molar-refractivity contribution in [2.24, 2.45) is 0 Å². The van der Waals surface area contributed by atoms with Gasteiger partial charge in [0.1, 0.15) is 5.75 Å². The zero-order chi connectivity index (χ0) is 17.6. The van der Waals surface area contributed by atoms with Crippen LogP contribution in [0.15, 0.2) is 12.1 Å². The molecule has 0 saturated carbocycles. The van der Waals surface area contributed by atoms with Crippen molar-refractivity contribution in [3.8, 4) is 5.75 Å². The van der Waals surface area contributed by atoms with Gasteiger partial charge in [0.05, 0.1) is 36.9 Å². The number of carbonyl (C=O) groups excluding carboxylic acids is 2. The Morgan fingerprint density at radius 1 is 1.35 bits per heavy atom. The van der Waals surface area contributed by atoms with Gasteiger partial charge in [-0.2, -0.15) is 0 Å². The highest BCUT2D eigenvalue weighted by Gasteiger charge is 2.25. The van der Waals surface area contributed by atoms with Crippen LogP contribution >= 0.6 is 0 Å². The fourth-order valence-corrected chi connectivity index (χ4v) is 2.00. The van der Waals surface area contributed by atoms with Crippen molar-refractivity contribution in [2.75, 3.05) is 20.8 Å². The smallest absolute Gasteiger partial charge is 0.338 e. The van der Waals surface area contributed by atoms with E-state index < -0.39 is 16.9 Å². The number of rotatable bonds is 6. The maximum Gasteiger partial charge on any atom is 0.338 e. The average molecular weight is 323 g/mol. The number of methoxy groups -OCH3 is 2. The van der Waals surface area contributed by atoms with Crippen molar-refractivity contribution >= 4 is 23.7 Å². The third-order valence-corrected chi connectivity index (χ3v) is 3.03. The molecule has 23 heavy (non-hydrogen) atoms. The summed E-state index contributed by atoms with van der Waals surface area (Å²) in [4.78, 5) is 33.8. The van der Waals surface area contributed by atoms with Crippen LogP contribution in [0.25, 0.3) is 6.08 Å². The van der Waals surface area contributed by atoms with Gasteiger partial charge in [-0.05, 0) is 19.9 Å². The van der Waals surface area contributed by atoms with Gasteiger partial charge in [-0.25, -0.2) is 9.59 Å². The Bertz CT molecular complexity index is 664. The number of hydrogen-bond acceptors (Lipinski definition) is 7. The van der Waals surface area contributed by atoms with E-state index in [9.17, 15) is 19.7 Å². The van der Waals surface area contributed by atoms with Crippen molar-refractivity contribution in [2.45, 2.75) is 13.8 Å². The first-order chi connectivity index (χ1) is 10.9. The topological polar surface area (TPSA) is 105 Å². The van der Waals surface area contributed by atoms with Gasteiger partial charge in [0, 0.05) is 17.7 Å². The Morgan fingerprint density at radius 3 is 2.48 bits per heavy atom. The molecule has 124 valence electrons. The van der Waals surface area contributed by atoms with Crippen LogP contribution in [-0.4, -0.2) is 37.7 Å². The number of nitrogens with zero attached hydrogens (tertiary/aromatic N) is 1. The molecule has 0 aromatic heterocycles. The standard InChI is InChI=1S/C15H17NO7/c1-5-23-13(17)7-6-10-12(16(19)20)8-11(15(18)22-4)9(2)14(10)21-3/h6-8H,5H2,1-4H3/b7-6+. The first kappa shape index (κ1) is 18.1. The highest BCUT2D eigenvalue weighted by molar-refractivity contribution is 5.95. The molecular formula is C15H17NO7. The number of esters is 2. The van der Waals surface area contributed by atoms with E-state index in [1.165, 1.54) is 20.3 Å². The molecule has 0 unspecified atom stereocenters. The van der Waals surface area contributed by atoms with Crippen molar-refractivity contribution < 1.29 is 28.7 Å². The Morgan fingerprint density at radius 2 is 2.00 bits per heavy atom. The third-order valence-electron chi connectivity index (χ3n) is 3.03. The molecule has 0 N–H and O–H groups in total. The summed E-state index contributed by atoms with van der Waals surface area (Å²) in [6.45, 7) is 3.39. The summed E-state index contributed by atoms with van der Waals surface area (Å²) < 4.78 is 14.5. The summed E-state index contributed by atoms with van der Waals surface area (Å²) >= 11 is 0. The molecule has 0 aliphatic rings. The fourth-order valence-electron chi connectivity index (χ4n) is 2.00. The minimum absolute atomic E-state index is 0.0179. The Hall–Kier alpha value is -2.90. The third kappa shape index (κ3) is 4.06. The highest BCUT2D eigenvalue weighted by atomic mass is 16.6. The highest BCUT2D eigenvalue weighted by Crippen LogP contribution is 2.36.